The highest BCUT2D eigenvalue weighted by atomic mass is 16.3. The standard InChI is InChI=1S/C10H14O2.C4H10/c1-3-7(2)8-4-5-9(11)10(12)6-8;1-3-4-2/h4-7,11-12H,3H2,1-2H3;3-4H2,1-2H3. The molecule has 2 nitrogen and oxygen atoms in total. The highest BCUT2D eigenvalue weighted by molar-refractivity contribution is 5.41. The Morgan fingerprint density at radius 2 is 1.56 bits per heavy atom. The van der Waals surface area contributed by atoms with Crippen LogP contribution >= 0.6 is 0 Å². The van der Waals surface area contributed by atoms with E-state index in [2.05, 4.69) is 27.7 Å². The van der Waals surface area contributed by atoms with Crippen molar-refractivity contribution in [3.63, 3.8) is 0 Å². The molecule has 1 aromatic carbocycles. The molecule has 0 spiro atoms. The average molecular weight is 224 g/mol. The van der Waals surface area contributed by atoms with Crippen LogP contribution in [0.15, 0.2) is 18.2 Å². The fourth-order valence-corrected chi connectivity index (χ4v) is 1.08. The summed E-state index contributed by atoms with van der Waals surface area (Å²) in [7, 11) is 0. The first-order chi connectivity index (χ1) is 7.56. The van der Waals surface area contributed by atoms with Crippen molar-refractivity contribution >= 4 is 0 Å². The second kappa shape index (κ2) is 8.03. The van der Waals surface area contributed by atoms with Crippen LogP contribution in [-0.2, 0) is 0 Å². The van der Waals surface area contributed by atoms with Gasteiger partial charge in [-0.3, -0.25) is 0 Å². The van der Waals surface area contributed by atoms with Crippen LogP contribution in [0.4, 0.5) is 0 Å². The molecule has 2 heteroatoms. The Hall–Kier alpha value is -1.18. The first-order valence-electron chi connectivity index (χ1n) is 6.08. The second-order valence-electron chi connectivity index (χ2n) is 4.06. The summed E-state index contributed by atoms with van der Waals surface area (Å²) in [6.45, 7) is 8.54. The van der Waals surface area contributed by atoms with E-state index in [-0.39, 0.29) is 11.5 Å². The van der Waals surface area contributed by atoms with Crippen molar-refractivity contribution in [1.29, 1.82) is 0 Å². The van der Waals surface area contributed by atoms with Gasteiger partial charge < -0.3 is 10.2 Å². The maximum absolute atomic E-state index is 9.19. The van der Waals surface area contributed by atoms with Gasteiger partial charge in [-0.15, -0.1) is 0 Å². The molecule has 0 saturated heterocycles. The summed E-state index contributed by atoms with van der Waals surface area (Å²) in [5, 5.41) is 18.2. The van der Waals surface area contributed by atoms with E-state index in [4.69, 9.17) is 5.11 Å². The Bertz CT molecular complexity index is 293. The number of unbranched alkanes of at least 4 members (excludes halogenated alkanes) is 1. The third-order valence-electron chi connectivity index (χ3n) is 2.68. The van der Waals surface area contributed by atoms with E-state index in [1.54, 1.807) is 6.07 Å². The van der Waals surface area contributed by atoms with Crippen LogP contribution in [0.25, 0.3) is 0 Å². The van der Waals surface area contributed by atoms with Crippen LogP contribution in [0.1, 0.15) is 58.4 Å². The molecule has 1 atom stereocenters. The minimum Gasteiger partial charge on any atom is -0.504 e. The Morgan fingerprint density at radius 1 is 1.00 bits per heavy atom. The molecule has 1 aromatic rings. The quantitative estimate of drug-likeness (QED) is 0.746. The number of benzene rings is 1. The van der Waals surface area contributed by atoms with Crippen LogP contribution in [0.3, 0.4) is 0 Å². The van der Waals surface area contributed by atoms with E-state index in [0.29, 0.717) is 5.92 Å². The molecule has 0 aliphatic carbocycles. The zero-order valence-electron chi connectivity index (χ0n) is 10.8. The third-order valence-corrected chi connectivity index (χ3v) is 2.68. The largest absolute Gasteiger partial charge is 0.504 e. The van der Waals surface area contributed by atoms with Gasteiger partial charge in [0.25, 0.3) is 0 Å². The molecule has 0 fully saturated rings. The van der Waals surface area contributed by atoms with Gasteiger partial charge in [0.15, 0.2) is 11.5 Å². The van der Waals surface area contributed by atoms with Crippen LogP contribution in [0, 0.1) is 0 Å². The van der Waals surface area contributed by atoms with Crippen molar-refractivity contribution in [3.05, 3.63) is 23.8 Å². The number of hydrogen-bond donors (Lipinski definition) is 2. The number of hydrogen-bond acceptors (Lipinski definition) is 2. The van der Waals surface area contributed by atoms with E-state index in [0.717, 1.165) is 12.0 Å². The normalized spacial score (nSPS) is 11.5. The first kappa shape index (κ1) is 14.8. The van der Waals surface area contributed by atoms with Crippen molar-refractivity contribution in [3.8, 4) is 11.5 Å². The number of phenolic OH excluding ortho intramolecular Hbond substituents is 2. The summed E-state index contributed by atoms with van der Waals surface area (Å²) in [5.74, 6) is 0.339. The van der Waals surface area contributed by atoms with E-state index in [1.165, 1.54) is 18.9 Å². The first-order valence-corrected chi connectivity index (χ1v) is 6.08. The fourth-order valence-electron chi connectivity index (χ4n) is 1.08. The minimum absolute atomic E-state index is 0.0344. The van der Waals surface area contributed by atoms with Crippen LogP contribution in [-0.4, -0.2) is 10.2 Å². The SMILES string of the molecule is CCC(C)c1ccc(O)c(O)c1.CCCC. The topological polar surface area (TPSA) is 40.5 Å². The van der Waals surface area contributed by atoms with Crippen molar-refractivity contribution in [2.75, 3.05) is 0 Å². The molecule has 16 heavy (non-hydrogen) atoms. The maximum atomic E-state index is 9.19. The molecule has 1 rings (SSSR count). The van der Waals surface area contributed by atoms with Crippen LogP contribution in [0.2, 0.25) is 0 Å². The second-order valence-corrected chi connectivity index (χ2v) is 4.06. The van der Waals surface area contributed by atoms with Gasteiger partial charge in [0.05, 0.1) is 0 Å². The molecule has 0 bridgehead atoms. The molecular weight excluding hydrogens is 200 g/mol. The van der Waals surface area contributed by atoms with Gasteiger partial charge in [0.1, 0.15) is 0 Å². The molecule has 92 valence electrons. The third kappa shape index (κ3) is 5.06. The Labute approximate surface area is 98.9 Å². The molecule has 1 unspecified atom stereocenters. The highest BCUT2D eigenvalue weighted by Gasteiger charge is 2.05. The van der Waals surface area contributed by atoms with Gasteiger partial charge in [0.2, 0.25) is 0 Å². The van der Waals surface area contributed by atoms with Crippen molar-refractivity contribution in [1.82, 2.24) is 0 Å². The van der Waals surface area contributed by atoms with Crippen molar-refractivity contribution in [2.24, 2.45) is 0 Å². The maximum Gasteiger partial charge on any atom is 0.157 e. The summed E-state index contributed by atoms with van der Waals surface area (Å²) in [6.07, 6.45) is 3.67. The zero-order chi connectivity index (χ0) is 12.6. The van der Waals surface area contributed by atoms with E-state index in [9.17, 15) is 5.11 Å². The van der Waals surface area contributed by atoms with Gasteiger partial charge >= 0.3 is 0 Å². The van der Waals surface area contributed by atoms with E-state index in [1.807, 2.05) is 6.07 Å². The Morgan fingerprint density at radius 3 is 1.94 bits per heavy atom. The lowest BCUT2D eigenvalue weighted by atomic mass is 9.98. The molecule has 0 aliphatic rings. The van der Waals surface area contributed by atoms with Crippen molar-refractivity contribution < 1.29 is 10.2 Å². The molecule has 2 N–H and O–H groups in total. The summed E-state index contributed by atoms with van der Waals surface area (Å²) in [6, 6.07) is 4.98. The van der Waals surface area contributed by atoms with Gasteiger partial charge in [-0.1, -0.05) is 46.6 Å². The molecule has 0 aromatic heterocycles. The minimum atomic E-state index is -0.0537. The predicted octanol–water partition coefficient (Wildman–Crippen LogP) is 4.42. The molecule has 0 saturated carbocycles. The van der Waals surface area contributed by atoms with E-state index < -0.39 is 0 Å². The summed E-state index contributed by atoms with van der Waals surface area (Å²) in [4.78, 5) is 0. The summed E-state index contributed by atoms with van der Waals surface area (Å²) >= 11 is 0. The fraction of sp³-hybridized carbons (Fsp3) is 0.571. The van der Waals surface area contributed by atoms with E-state index >= 15 is 0 Å². The number of aromatic hydroxyl groups is 2. The summed E-state index contributed by atoms with van der Waals surface area (Å²) in [5.41, 5.74) is 1.06. The lowest BCUT2D eigenvalue weighted by Gasteiger charge is -2.09. The zero-order valence-corrected chi connectivity index (χ0v) is 10.8. The number of phenols is 2. The van der Waals surface area contributed by atoms with Gasteiger partial charge in [-0.25, -0.2) is 0 Å². The Balaban J connectivity index is 0.000000487. The van der Waals surface area contributed by atoms with Crippen LogP contribution < -0.4 is 0 Å². The molecular formula is C14H24O2. The highest BCUT2D eigenvalue weighted by Crippen LogP contribution is 2.29. The Kier molecular flexibility index (Phi) is 7.44. The molecule has 0 radical (unpaired) electrons. The smallest absolute Gasteiger partial charge is 0.157 e. The monoisotopic (exact) mass is 224 g/mol. The van der Waals surface area contributed by atoms with Crippen LogP contribution in [0.5, 0.6) is 11.5 Å². The van der Waals surface area contributed by atoms with Crippen molar-refractivity contribution in [2.45, 2.75) is 52.9 Å². The average Bonchev–Trinajstić information content (AvgIpc) is 2.32. The lowest BCUT2D eigenvalue weighted by molar-refractivity contribution is 0.402. The lowest BCUT2D eigenvalue weighted by Crippen LogP contribution is -1.89. The number of rotatable bonds is 3. The molecule has 0 amide bonds. The predicted molar refractivity (Wildman–Crippen MR) is 69.1 cm³/mol. The summed E-state index contributed by atoms with van der Waals surface area (Å²) < 4.78 is 0. The van der Waals surface area contributed by atoms with Gasteiger partial charge in [-0.05, 0) is 30.0 Å². The van der Waals surface area contributed by atoms with Gasteiger partial charge in [0, 0.05) is 0 Å². The molecule has 0 heterocycles. The van der Waals surface area contributed by atoms with Gasteiger partial charge in [-0.2, -0.15) is 0 Å². The molecule has 0 aliphatic heterocycles.